The zero-order valence-electron chi connectivity index (χ0n) is 11.3. The van der Waals surface area contributed by atoms with E-state index in [9.17, 15) is 4.79 Å². The van der Waals surface area contributed by atoms with Gasteiger partial charge in [0.1, 0.15) is 12.4 Å². The molecule has 1 aromatic heterocycles. The molecule has 0 radical (unpaired) electrons. The molecule has 2 rings (SSSR count). The smallest absolute Gasteiger partial charge is 0.153 e. The van der Waals surface area contributed by atoms with Crippen LogP contribution in [0.3, 0.4) is 0 Å². The summed E-state index contributed by atoms with van der Waals surface area (Å²) in [7, 11) is 0. The van der Waals surface area contributed by atoms with E-state index in [4.69, 9.17) is 4.74 Å². The Bertz CT molecular complexity index is 575. The van der Waals surface area contributed by atoms with Gasteiger partial charge in [-0.3, -0.25) is 4.79 Å². The highest BCUT2D eigenvalue weighted by Crippen LogP contribution is 2.22. The molecule has 3 nitrogen and oxygen atoms in total. The van der Waals surface area contributed by atoms with E-state index in [1.54, 1.807) is 11.3 Å². The van der Waals surface area contributed by atoms with Crippen LogP contribution in [-0.4, -0.2) is 11.3 Å². The van der Waals surface area contributed by atoms with Gasteiger partial charge in [-0.25, -0.2) is 4.98 Å². The molecule has 0 fully saturated rings. The molecule has 0 saturated heterocycles. The van der Waals surface area contributed by atoms with Crippen LogP contribution in [0.1, 0.15) is 46.4 Å². The Morgan fingerprint density at radius 1 is 1.42 bits per heavy atom. The average Bonchev–Trinajstić information content (AvgIpc) is 2.86. The van der Waals surface area contributed by atoms with E-state index in [-0.39, 0.29) is 0 Å². The van der Waals surface area contributed by atoms with Crippen LogP contribution in [0.2, 0.25) is 0 Å². The van der Waals surface area contributed by atoms with Crippen molar-refractivity contribution >= 4 is 17.6 Å². The minimum absolute atomic E-state index is 0.396. The molecule has 0 atom stereocenters. The highest BCUT2D eigenvalue weighted by molar-refractivity contribution is 7.09. The average molecular weight is 275 g/mol. The van der Waals surface area contributed by atoms with Crippen LogP contribution >= 0.6 is 11.3 Å². The van der Waals surface area contributed by atoms with Crippen molar-refractivity contribution in [3.05, 3.63) is 45.4 Å². The maximum atomic E-state index is 11.0. The molecule has 0 aliphatic rings. The van der Waals surface area contributed by atoms with Gasteiger partial charge in [0.2, 0.25) is 0 Å². The van der Waals surface area contributed by atoms with E-state index in [1.807, 2.05) is 30.5 Å². The second-order valence-electron chi connectivity index (χ2n) is 4.78. The highest BCUT2D eigenvalue weighted by Gasteiger charge is 2.08. The van der Waals surface area contributed by atoms with Gasteiger partial charge in [-0.05, 0) is 19.1 Å². The fourth-order valence-corrected chi connectivity index (χ4v) is 2.52. The summed E-state index contributed by atoms with van der Waals surface area (Å²) in [5.74, 6) is 1.04. The molecule has 0 unspecified atom stereocenters. The Balaban J connectivity index is 2.07. The molecule has 0 aliphatic heterocycles. The summed E-state index contributed by atoms with van der Waals surface area (Å²) in [6.07, 6.45) is 0.822. The molecule has 0 aliphatic carbocycles. The highest BCUT2D eigenvalue weighted by atomic mass is 32.1. The van der Waals surface area contributed by atoms with E-state index in [2.05, 4.69) is 18.8 Å². The van der Waals surface area contributed by atoms with E-state index < -0.39 is 0 Å². The Kier molecular flexibility index (Phi) is 4.32. The lowest BCUT2D eigenvalue weighted by Gasteiger charge is -2.07. The predicted octanol–water partition coefficient (Wildman–Crippen LogP) is 3.97. The quantitative estimate of drug-likeness (QED) is 0.775. The molecule has 0 amide bonds. The maximum Gasteiger partial charge on any atom is 0.153 e. The third kappa shape index (κ3) is 3.41. The first kappa shape index (κ1) is 13.7. The van der Waals surface area contributed by atoms with Gasteiger partial charge in [-0.1, -0.05) is 25.5 Å². The Morgan fingerprint density at radius 2 is 2.21 bits per heavy atom. The number of rotatable bonds is 5. The van der Waals surface area contributed by atoms with E-state index in [0.717, 1.165) is 22.6 Å². The number of nitrogens with zero attached hydrogens (tertiary/aromatic N) is 1. The summed E-state index contributed by atoms with van der Waals surface area (Å²) >= 11 is 1.64. The van der Waals surface area contributed by atoms with Crippen LogP contribution in [0.15, 0.2) is 23.6 Å². The van der Waals surface area contributed by atoms with Gasteiger partial charge in [0.25, 0.3) is 0 Å². The summed E-state index contributed by atoms with van der Waals surface area (Å²) in [4.78, 5) is 15.5. The largest absolute Gasteiger partial charge is 0.487 e. The van der Waals surface area contributed by atoms with Crippen molar-refractivity contribution < 1.29 is 9.53 Å². The predicted molar refractivity (Wildman–Crippen MR) is 77.1 cm³/mol. The third-order valence-corrected chi connectivity index (χ3v) is 3.93. The number of hydrogen-bond donors (Lipinski definition) is 0. The molecule has 4 heteroatoms. The summed E-state index contributed by atoms with van der Waals surface area (Å²) in [5.41, 5.74) is 2.54. The minimum Gasteiger partial charge on any atom is -0.487 e. The zero-order valence-corrected chi connectivity index (χ0v) is 12.2. The standard InChI is InChI=1S/C15H17NO2S/c1-10(2)15-16-13(9-19-15)8-18-14-5-4-11(3)6-12(14)7-17/h4-7,9-10H,8H2,1-3H3. The first-order chi connectivity index (χ1) is 9.10. The number of thiazole rings is 1. The van der Waals surface area contributed by atoms with E-state index >= 15 is 0 Å². The number of ether oxygens (including phenoxy) is 1. The molecule has 0 N–H and O–H groups in total. The van der Waals surface area contributed by atoms with E-state index in [0.29, 0.717) is 23.8 Å². The second-order valence-corrected chi connectivity index (χ2v) is 5.67. The summed E-state index contributed by atoms with van der Waals surface area (Å²) in [5, 5.41) is 3.11. The minimum atomic E-state index is 0.396. The molecule has 2 aromatic rings. The summed E-state index contributed by atoms with van der Waals surface area (Å²) in [6, 6.07) is 5.58. The van der Waals surface area contributed by atoms with Gasteiger partial charge in [-0.2, -0.15) is 0 Å². The Hall–Kier alpha value is -1.68. The van der Waals surface area contributed by atoms with Gasteiger partial charge >= 0.3 is 0 Å². The second kappa shape index (κ2) is 5.97. The lowest BCUT2D eigenvalue weighted by molar-refractivity contribution is 0.111. The number of aryl methyl sites for hydroxylation is 1. The van der Waals surface area contributed by atoms with Crippen molar-refractivity contribution in [3.63, 3.8) is 0 Å². The van der Waals surface area contributed by atoms with Crippen molar-refractivity contribution in [3.8, 4) is 5.75 Å². The number of aromatic nitrogens is 1. The molecule has 0 bridgehead atoms. The van der Waals surface area contributed by atoms with Gasteiger partial charge in [0.05, 0.1) is 16.3 Å². The van der Waals surface area contributed by atoms with Crippen molar-refractivity contribution in [2.75, 3.05) is 0 Å². The summed E-state index contributed by atoms with van der Waals surface area (Å²) < 4.78 is 5.68. The van der Waals surface area contributed by atoms with Crippen molar-refractivity contribution in [1.29, 1.82) is 0 Å². The number of benzene rings is 1. The monoisotopic (exact) mass is 275 g/mol. The fourth-order valence-electron chi connectivity index (χ4n) is 1.70. The van der Waals surface area contributed by atoms with Crippen molar-refractivity contribution in [2.24, 2.45) is 0 Å². The molecule has 0 saturated carbocycles. The molecule has 100 valence electrons. The van der Waals surface area contributed by atoms with Crippen LogP contribution < -0.4 is 4.74 Å². The third-order valence-electron chi connectivity index (χ3n) is 2.73. The lowest BCUT2D eigenvalue weighted by Crippen LogP contribution is -1.99. The topological polar surface area (TPSA) is 39.2 Å². The Labute approximate surface area is 117 Å². The van der Waals surface area contributed by atoms with Gasteiger partial charge < -0.3 is 4.74 Å². The van der Waals surface area contributed by atoms with Crippen LogP contribution in [-0.2, 0) is 6.61 Å². The van der Waals surface area contributed by atoms with E-state index in [1.165, 1.54) is 0 Å². The first-order valence-corrected chi connectivity index (χ1v) is 7.11. The van der Waals surface area contributed by atoms with Crippen LogP contribution in [0, 0.1) is 6.92 Å². The maximum absolute atomic E-state index is 11.0. The van der Waals surface area contributed by atoms with Gasteiger partial charge in [0, 0.05) is 11.3 Å². The van der Waals surface area contributed by atoms with Gasteiger partial charge in [-0.15, -0.1) is 11.3 Å². The molecule has 1 aromatic carbocycles. The summed E-state index contributed by atoms with van der Waals surface area (Å²) in [6.45, 7) is 6.58. The zero-order chi connectivity index (χ0) is 13.8. The van der Waals surface area contributed by atoms with Crippen molar-refractivity contribution in [2.45, 2.75) is 33.3 Å². The number of aldehydes is 1. The SMILES string of the molecule is Cc1ccc(OCc2csc(C(C)C)n2)c(C=O)c1. The molecule has 0 spiro atoms. The molecule has 1 heterocycles. The normalized spacial score (nSPS) is 10.7. The van der Waals surface area contributed by atoms with Crippen molar-refractivity contribution in [1.82, 2.24) is 4.98 Å². The number of carbonyl (C=O) groups is 1. The Morgan fingerprint density at radius 3 is 2.84 bits per heavy atom. The fraction of sp³-hybridized carbons (Fsp3) is 0.333. The van der Waals surface area contributed by atoms with Gasteiger partial charge in [0.15, 0.2) is 6.29 Å². The number of carbonyl (C=O) groups excluding carboxylic acids is 1. The first-order valence-electron chi connectivity index (χ1n) is 6.23. The van der Waals surface area contributed by atoms with Crippen LogP contribution in [0.25, 0.3) is 0 Å². The molecular weight excluding hydrogens is 258 g/mol. The molecular formula is C15H17NO2S. The van der Waals surface area contributed by atoms with Crippen LogP contribution in [0.5, 0.6) is 5.75 Å². The molecule has 19 heavy (non-hydrogen) atoms. The lowest BCUT2D eigenvalue weighted by atomic mass is 10.1. The number of hydrogen-bond acceptors (Lipinski definition) is 4. The van der Waals surface area contributed by atoms with Crippen LogP contribution in [0.4, 0.5) is 0 Å².